The first-order valence-electron chi connectivity index (χ1n) is 11.9. The number of fused-ring (bicyclic) bond motifs is 2. The third kappa shape index (κ3) is 4.33. The molecule has 4 heterocycles. The molecule has 0 unspecified atom stereocenters. The van der Waals surface area contributed by atoms with E-state index >= 15 is 4.39 Å². The number of nitrogens with zero attached hydrogens (tertiary/aromatic N) is 5. The summed E-state index contributed by atoms with van der Waals surface area (Å²) in [6.45, 7) is 2.05. The number of nitrogens with one attached hydrogen (secondary N) is 1. The highest BCUT2D eigenvalue weighted by Crippen LogP contribution is 2.37. The van der Waals surface area contributed by atoms with Gasteiger partial charge < -0.3 is 14.8 Å². The Balaban J connectivity index is 1.43. The van der Waals surface area contributed by atoms with E-state index in [9.17, 15) is 0 Å². The zero-order chi connectivity index (χ0) is 24.5. The number of aromatic nitrogens is 5. The maximum Gasteiger partial charge on any atom is 0.156 e. The monoisotopic (exact) mass is 484 g/mol. The number of pyridine rings is 1. The summed E-state index contributed by atoms with van der Waals surface area (Å²) in [5.74, 6) is 1.14. The van der Waals surface area contributed by atoms with Gasteiger partial charge in [-0.15, -0.1) is 0 Å². The van der Waals surface area contributed by atoms with Crippen molar-refractivity contribution in [3.05, 3.63) is 67.1 Å². The molecule has 0 amide bonds. The Hall–Kier alpha value is -4.11. The van der Waals surface area contributed by atoms with Crippen LogP contribution in [0.5, 0.6) is 5.75 Å². The van der Waals surface area contributed by atoms with E-state index in [0.717, 1.165) is 37.2 Å². The average molecular weight is 485 g/mol. The van der Waals surface area contributed by atoms with Crippen LogP contribution in [-0.4, -0.2) is 44.6 Å². The van der Waals surface area contributed by atoms with Gasteiger partial charge in [0.25, 0.3) is 0 Å². The van der Waals surface area contributed by atoms with Crippen molar-refractivity contribution in [3.8, 4) is 16.9 Å². The zero-order valence-electron chi connectivity index (χ0n) is 19.8. The van der Waals surface area contributed by atoms with Crippen LogP contribution in [0.3, 0.4) is 0 Å². The van der Waals surface area contributed by atoms with Crippen LogP contribution in [0.15, 0.2) is 61.3 Å². The highest BCUT2D eigenvalue weighted by molar-refractivity contribution is 5.99. The molecular weight excluding hydrogens is 459 g/mol. The molecule has 0 radical (unpaired) electrons. The Bertz CT molecular complexity index is 1550. The van der Waals surface area contributed by atoms with Gasteiger partial charge in [-0.25, -0.2) is 14.4 Å². The van der Waals surface area contributed by atoms with Crippen LogP contribution in [0.25, 0.3) is 32.9 Å². The van der Waals surface area contributed by atoms with Gasteiger partial charge in [0.15, 0.2) is 5.82 Å². The molecule has 0 aliphatic carbocycles. The largest absolute Gasteiger partial charge is 0.492 e. The van der Waals surface area contributed by atoms with Crippen LogP contribution in [0.4, 0.5) is 15.9 Å². The third-order valence-electron chi connectivity index (χ3n) is 6.53. The minimum absolute atomic E-state index is 0.308. The van der Waals surface area contributed by atoms with E-state index in [0.29, 0.717) is 51.6 Å². The second-order valence-corrected chi connectivity index (χ2v) is 8.98. The lowest BCUT2D eigenvalue weighted by Crippen LogP contribution is -2.21. The van der Waals surface area contributed by atoms with Gasteiger partial charge in [-0.05, 0) is 60.7 Å². The maximum atomic E-state index is 15.3. The highest BCUT2D eigenvalue weighted by Gasteiger charge is 2.19. The van der Waals surface area contributed by atoms with E-state index in [1.165, 1.54) is 6.33 Å². The van der Waals surface area contributed by atoms with Gasteiger partial charge in [-0.2, -0.15) is 5.10 Å². The minimum Gasteiger partial charge on any atom is -0.492 e. The van der Waals surface area contributed by atoms with E-state index in [1.54, 1.807) is 35.1 Å². The molecule has 182 valence electrons. The van der Waals surface area contributed by atoms with Crippen molar-refractivity contribution in [1.29, 1.82) is 0 Å². The van der Waals surface area contributed by atoms with E-state index in [-0.39, 0.29) is 5.82 Å². The lowest BCUT2D eigenvalue weighted by Gasteiger charge is -2.23. The normalized spacial score (nSPS) is 14.4. The Labute approximate surface area is 207 Å². The molecule has 1 saturated heterocycles. The Morgan fingerprint density at radius 3 is 2.81 bits per heavy atom. The van der Waals surface area contributed by atoms with Crippen LogP contribution in [0, 0.1) is 11.7 Å². The number of aryl methyl sites for hydroxylation is 1. The van der Waals surface area contributed by atoms with Gasteiger partial charge in [0, 0.05) is 43.6 Å². The number of hydrogen-bond donors (Lipinski definition) is 1. The van der Waals surface area contributed by atoms with Crippen molar-refractivity contribution in [2.75, 3.05) is 25.1 Å². The van der Waals surface area contributed by atoms with E-state index in [2.05, 4.69) is 25.4 Å². The molecule has 1 N–H and O–H groups in total. The van der Waals surface area contributed by atoms with Gasteiger partial charge >= 0.3 is 0 Å². The fourth-order valence-electron chi connectivity index (χ4n) is 4.56. The minimum atomic E-state index is -0.385. The Kier molecular flexibility index (Phi) is 5.90. The van der Waals surface area contributed by atoms with E-state index in [4.69, 9.17) is 9.47 Å². The summed E-state index contributed by atoms with van der Waals surface area (Å²) in [5.41, 5.74) is 3.48. The van der Waals surface area contributed by atoms with Crippen LogP contribution in [0.2, 0.25) is 0 Å². The molecule has 36 heavy (non-hydrogen) atoms. The molecule has 2 aromatic carbocycles. The maximum absolute atomic E-state index is 15.3. The second kappa shape index (κ2) is 9.50. The van der Waals surface area contributed by atoms with Gasteiger partial charge in [0.05, 0.1) is 34.9 Å². The lowest BCUT2D eigenvalue weighted by atomic mass is 10.0. The summed E-state index contributed by atoms with van der Waals surface area (Å²) in [6.07, 6.45) is 8.79. The van der Waals surface area contributed by atoms with Crippen molar-refractivity contribution < 1.29 is 13.9 Å². The predicted octanol–water partition coefficient (Wildman–Crippen LogP) is 5.27. The smallest absolute Gasteiger partial charge is 0.156 e. The predicted molar refractivity (Wildman–Crippen MR) is 136 cm³/mol. The molecular formula is C27H25FN6O2. The number of anilines is 2. The van der Waals surface area contributed by atoms with E-state index < -0.39 is 0 Å². The second-order valence-electron chi connectivity index (χ2n) is 8.98. The fourth-order valence-corrected chi connectivity index (χ4v) is 4.56. The molecule has 1 aliphatic rings. The molecule has 6 rings (SSSR count). The van der Waals surface area contributed by atoms with Crippen molar-refractivity contribution in [1.82, 2.24) is 24.7 Å². The van der Waals surface area contributed by atoms with Crippen LogP contribution in [0.1, 0.15) is 12.8 Å². The SMILES string of the molecule is Cn1cc(-c2cc(OCC3CCOCC3)c3c(Nc4ccc5ncccc5c4F)ncnc3c2)cn1. The van der Waals surface area contributed by atoms with Crippen LogP contribution < -0.4 is 10.1 Å². The van der Waals surface area contributed by atoms with Crippen molar-refractivity contribution in [2.24, 2.45) is 13.0 Å². The molecule has 1 aliphatic heterocycles. The molecule has 3 aromatic heterocycles. The topological polar surface area (TPSA) is 87.0 Å². The van der Waals surface area contributed by atoms with Crippen LogP contribution >= 0.6 is 0 Å². The summed E-state index contributed by atoms with van der Waals surface area (Å²) >= 11 is 0. The van der Waals surface area contributed by atoms with Crippen molar-refractivity contribution in [2.45, 2.75) is 12.8 Å². The molecule has 0 saturated carbocycles. The van der Waals surface area contributed by atoms with Gasteiger partial charge in [0.1, 0.15) is 17.9 Å². The summed E-state index contributed by atoms with van der Waals surface area (Å²) in [5, 5.41) is 8.62. The quantitative estimate of drug-likeness (QED) is 0.351. The summed E-state index contributed by atoms with van der Waals surface area (Å²) in [6, 6.07) is 10.8. The zero-order valence-corrected chi connectivity index (χ0v) is 19.8. The number of halogens is 1. The molecule has 8 nitrogen and oxygen atoms in total. The first-order valence-corrected chi connectivity index (χ1v) is 11.9. The molecule has 5 aromatic rings. The number of ether oxygens (including phenoxy) is 2. The molecule has 0 spiro atoms. The highest BCUT2D eigenvalue weighted by atomic mass is 19.1. The molecule has 0 atom stereocenters. The Morgan fingerprint density at radius 1 is 1.08 bits per heavy atom. The lowest BCUT2D eigenvalue weighted by molar-refractivity contribution is 0.0500. The molecule has 9 heteroatoms. The summed E-state index contributed by atoms with van der Waals surface area (Å²) in [7, 11) is 1.88. The molecule has 1 fully saturated rings. The Morgan fingerprint density at radius 2 is 1.97 bits per heavy atom. The average Bonchev–Trinajstić information content (AvgIpc) is 3.36. The van der Waals surface area contributed by atoms with Gasteiger partial charge in [-0.1, -0.05) is 0 Å². The summed E-state index contributed by atoms with van der Waals surface area (Å²) < 4.78 is 29.0. The number of hydrogen-bond acceptors (Lipinski definition) is 7. The first-order chi connectivity index (χ1) is 17.7. The fraction of sp³-hybridized carbons (Fsp3) is 0.259. The van der Waals surface area contributed by atoms with Crippen molar-refractivity contribution >= 4 is 33.3 Å². The number of rotatable bonds is 6. The van der Waals surface area contributed by atoms with Crippen LogP contribution in [-0.2, 0) is 11.8 Å². The molecule has 0 bridgehead atoms. The van der Waals surface area contributed by atoms with Gasteiger partial charge in [-0.3, -0.25) is 9.67 Å². The van der Waals surface area contributed by atoms with Gasteiger partial charge in [0.2, 0.25) is 0 Å². The number of benzene rings is 2. The van der Waals surface area contributed by atoms with E-state index in [1.807, 2.05) is 31.6 Å². The third-order valence-corrected chi connectivity index (χ3v) is 6.53. The van der Waals surface area contributed by atoms with Crippen molar-refractivity contribution in [3.63, 3.8) is 0 Å². The first kappa shape index (κ1) is 22.4. The standard InChI is InChI=1S/C27H25FN6O2/c1-34-14-19(13-32-34)18-11-23-25(24(12-18)36-15-17-6-9-35-10-7-17)27(31-16-30-23)33-22-5-4-21-20(26(22)28)3-2-8-29-21/h2-5,8,11-14,16-17H,6-7,9-10,15H2,1H3,(H,30,31,33). The summed E-state index contributed by atoms with van der Waals surface area (Å²) in [4.78, 5) is 13.2.